The molecule has 0 saturated heterocycles. The zero-order chi connectivity index (χ0) is 23.1. The van der Waals surface area contributed by atoms with Crippen LogP contribution in [0.25, 0.3) is 22.0 Å². The van der Waals surface area contributed by atoms with Gasteiger partial charge in [0.1, 0.15) is 5.82 Å². The lowest BCUT2D eigenvalue weighted by Gasteiger charge is -2.15. The minimum atomic E-state index is -4.65. The summed E-state index contributed by atoms with van der Waals surface area (Å²) in [6.07, 6.45) is -2.12. The molecular weight excluding hydrogens is 445 g/mol. The van der Waals surface area contributed by atoms with Gasteiger partial charge in [0.15, 0.2) is 0 Å². The topological polar surface area (TPSA) is 137 Å². The molecule has 0 radical (unpaired) electrons. The second-order valence-corrected chi connectivity index (χ2v) is 8.35. The van der Waals surface area contributed by atoms with Gasteiger partial charge >= 0.3 is 6.18 Å². The fourth-order valence-electron chi connectivity index (χ4n) is 3.11. The van der Waals surface area contributed by atoms with Crippen LogP contribution in [0.3, 0.4) is 0 Å². The molecule has 0 aliphatic heterocycles. The van der Waals surface area contributed by atoms with E-state index in [1.165, 1.54) is 36.5 Å². The van der Waals surface area contributed by atoms with Crippen molar-refractivity contribution in [1.29, 1.82) is 0 Å². The molecule has 164 valence electrons. The highest BCUT2D eigenvalue weighted by molar-refractivity contribution is 7.89. The summed E-state index contributed by atoms with van der Waals surface area (Å²) in [5.41, 5.74) is 5.31. The largest absolute Gasteiger partial charge is 0.417 e. The average molecular weight is 460 g/mol. The SMILES string of the molecule is Nc1cc(C(F)(F)F)c(-c2cccc3cnc(Nc4ccc(S(N)(=O)=O)cc4)nc23)cn1. The van der Waals surface area contributed by atoms with E-state index in [4.69, 9.17) is 10.9 Å². The first kappa shape index (κ1) is 21.5. The monoisotopic (exact) mass is 460 g/mol. The molecule has 4 aromatic rings. The van der Waals surface area contributed by atoms with Crippen LogP contribution in [-0.2, 0) is 16.2 Å². The summed E-state index contributed by atoms with van der Waals surface area (Å²) in [6, 6.07) is 11.1. The maximum Gasteiger partial charge on any atom is 0.417 e. The molecule has 0 aliphatic rings. The number of rotatable bonds is 4. The van der Waals surface area contributed by atoms with Crippen molar-refractivity contribution in [2.24, 2.45) is 5.14 Å². The van der Waals surface area contributed by atoms with Crippen LogP contribution in [0.4, 0.5) is 30.6 Å². The van der Waals surface area contributed by atoms with Gasteiger partial charge in [-0.15, -0.1) is 0 Å². The number of pyridine rings is 1. The van der Waals surface area contributed by atoms with Crippen molar-refractivity contribution in [3.8, 4) is 11.1 Å². The first-order chi connectivity index (χ1) is 15.0. The quantitative estimate of drug-likeness (QED) is 0.422. The fraction of sp³-hybridized carbons (Fsp3) is 0.0500. The van der Waals surface area contributed by atoms with Crippen LogP contribution in [0.15, 0.2) is 65.8 Å². The number of hydrogen-bond donors (Lipinski definition) is 3. The highest BCUT2D eigenvalue weighted by Gasteiger charge is 2.34. The van der Waals surface area contributed by atoms with E-state index in [1.807, 2.05) is 0 Å². The molecule has 2 aromatic carbocycles. The Kier molecular flexibility index (Phi) is 5.18. The molecule has 0 atom stereocenters. The van der Waals surface area contributed by atoms with E-state index in [0.717, 1.165) is 12.3 Å². The van der Waals surface area contributed by atoms with E-state index in [-0.39, 0.29) is 33.3 Å². The molecule has 0 fully saturated rings. The number of benzene rings is 2. The number of nitrogens with one attached hydrogen (secondary N) is 1. The first-order valence-corrected chi connectivity index (χ1v) is 10.6. The summed E-state index contributed by atoms with van der Waals surface area (Å²) < 4.78 is 63.6. The number of nitrogen functional groups attached to an aromatic ring is 1. The van der Waals surface area contributed by atoms with Crippen LogP contribution < -0.4 is 16.2 Å². The number of fused-ring (bicyclic) bond motifs is 1. The Morgan fingerprint density at radius 3 is 2.31 bits per heavy atom. The van der Waals surface area contributed by atoms with Crippen LogP contribution in [0, 0.1) is 0 Å². The molecule has 12 heteroatoms. The van der Waals surface area contributed by atoms with Crippen LogP contribution >= 0.6 is 0 Å². The predicted molar refractivity (Wildman–Crippen MR) is 113 cm³/mol. The van der Waals surface area contributed by atoms with Crippen molar-refractivity contribution >= 4 is 38.4 Å². The van der Waals surface area contributed by atoms with E-state index in [1.54, 1.807) is 12.1 Å². The molecule has 0 aliphatic carbocycles. The summed E-state index contributed by atoms with van der Waals surface area (Å²) in [5, 5.41) is 8.49. The Morgan fingerprint density at radius 1 is 0.938 bits per heavy atom. The molecule has 8 nitrogen and oxygen atoms in total. The van der Waals surface area contributed by atoms with Gasteiger partial charge in [-0.1, -0.05) is 18.2 Å². The van der Waals surface area contributed by atoms with Gasteiger partial charge in [0.2, 0.25) is 16.0 Å². The molecule has 4 rings (SSSR count). The van der Waals surface area contributed by atoms with Crippen molar-refractivity contribution < 1.29 is 21.6 Å². The zero-order valence-corrected chi connectivity index (χ0v) is 16.9. The number of halogens is 3. The van der Waals surface area contributed by atoms with E-state index in [0.29, 0.717) is 11.1 Å². The molecule has 5 N–H and O–H groups in total. The molecule has 2 aromatic heterocycles. The Balaban J connectivity index is 1.79. The molecule has 0 saturated carbocycles. The number of aromatic nitrogens is 3. The summed E-state index contributed by atoms with van der Waals surface area (Å²) in [7, 11) is -3.84. The predicted octanol–water partition coefficient (Wildman–Crippen LogP) is 3.68. The number of alkyl halides is 3. The Morgan fingerprint density at radius 2 is 1.66 bits per heavy atom. The average Bonchev–Trinajstić information content (AvgIpc) is 2.72. The van der Waals surface area contributed by atoms with Gasteiger partial charge in [-0.05, 0) is 30.3 Å². The second kappa shape index (κ2) is 7.73. The third-order valence-corrected chi connectivity index (χ3v) is 5.50. The molecule has 0 bridgehead atoms. The maximum atomic E-state index is 13.6. The van der Waals surface area contributed by atoms with Gasteiger partial charge in [0.05, 0.1) is 16.0 Å². The van der Waals surface area contributed by atoms with E-state index < -0.39 is 21.8 Å². The molecule has 0 unspecified atom stereocenters. The number of anilines is 3. The van der Waals surface area contributed by atoms with Crippen LogP contribution in [0.2, 0.25) is 0 Å². The van der Waals surface area contributed by atoms with Gasteiger partial charge in [-0.2, -0.15) is 13.2 Å². The number of nitrogens with two attached hydrogens (primary N) is 2. The van der Waals surface area contributed by atoms with Crippen molar-refractivity contribution in [1.82, 2.24) is 15.0 Å². The van der Waals surface area contributed by atoms with Gasteiger partial charge in [0.25, 0.3) is 0 Å². The van der Waals surface area contributed by atoms with Crippen molar-refractivity contribution in [3.63, 3.8) is 0 Å². The van der Waals surface area contributed by atoms with Crippen LogP contribution in [0.5, 0.6) is 0 Å². The summed E-state index contributed by atoms with van der Waals surface area (Å²) in [5.74, 6) is -0.147. The number of para-hydroxylation sites is 1. The Hall–Kier alpha value is -3.77. The third-order valence-electron chi connectivity index (χ3n) is 4.57. The van der Waals surface area contributed by atoms with E-state index in [9.17, 15) is 21.6 Å². The molecule has 0 spiro atoms. The highest BCUT2D eigenvalue weighted by Crippen LogP contribution is 2.39. The molecular formula is C20H15F3N6O2S. The molecule has 2 heterocycles. The standard InChI is InChI=1S/C20H15F3N6O2S/c21-20(22,23)16-8-17(24)26-10-15(16)14-3-1-2-11-9-27-19(29-18(11)14)28-12-4-6-13(7-5-12)32(25,30)31/h1-10H,(H2,24,26)(H2,25,30,31)(H,27,28,29). The van der Waals surface area contributed by atoms with Crippen molar-refractivity contribution in [2.45, 2.75) is 11.1 Å². The molecule has 32 heavy (non-hydrogen) atoms. The number of hydrogen-bond acceptors (Lipinski definition) is 7. The second-order valence-electron chi connectivity index (χ2n) is 6.78. The zero-order valence-electron chi connectivity index (χ0n) is 16.1. The Labute approximate surface area is 180 Å². The van der Waals surface area contributed by atoms with Gasteiger partial charge in [0, 0.05) is 34.6 Å². The smallest absolute Gasteiger partial charge is 0.384 e. The van der Waals surface area contributed by atoms with Crippen LogP contribution in [0.1, 0.15) is 5.56 Å². The minimum Gasteiger partial charge on any atom is -0.384 e. The fourth-order valence-corrected chi connectivity index (χ4v) is 3.63. The number of nitrogens with zero attached hydrogens (tertiary/aromatic N) is 3. The number of primary sulfonamides is 1. The summed E-state index contributed by atoms with van der Waals surface area (Å²) >= 11 is 0. The maximum absolute atomic E-state index is 13.6. The Bertz CT molecular complexity index is 1420. The normalized spacial score (nSPS) is 12.1. The van der Waals surface area contributed by atoms with Gasteiger partial charge in [-0.25, -0.2) is 28.5 Å². The highest BCUT2D eigenvalue weighted by atomic mass is 32.2. The van der Waals surface area contributed by atoms with Crippen molar-refractivity contribution in [2.75, 3.05) is 11.1 Å². The van der Waals surface area contributed by atoms with E-state index in [2.05, 4.69) is 20.3 Å². The minimum absolute atomic E-state index is 0.0692. The van der Waals surface area contributed by atoms with Gasteiger partial charge < -0.3 is 11.1 Å². The first-order valence-electron chi connectivity index (χ1n) is 9.01. The van der Waals surface area contributed by atoms with E-state index >= 15 is 0 Å². The lowest BCUT2D eigenvalue weighted by molar-refractivity contribution is -0.137. The number of sulfonamides is 1. The lowest BCUT2D eigenvalue weighted by Crippen LogP contribution is -2.11. The summed E-state index contributed by atoms with van der Waals surface area (Å²) in [6.45, 7) is 0. The third kappa shape index (κ3) is 4.31. The summed E-state index contributed by atoms with van der Waals surface area (Å²) in [4.78, 5) is 12.3. The van der Waals surface area contributed by atoms with Crippen molar-refractivity contribution in [3.05, 3.63) is 66.5 Å². The molecule has 0 amide bonds. The van der Waals surface area contributed by atoms with Crippen LogP contribution in [-0.4, -0.2) is 23.4 Å². The van der Waals surface area contributed by atoms with Gasteiger partial charge in [-0.3, -0.25) is 0 Å². The lowest BCUT2D eigenvalue weighted by atomic mass is 9.99.